The average molecular weight is 468 g/mol. The largest absolute Gasteiger partial charge is 0.484 e. The zero-order chi connectivity index (χ0) is 21.1. The number of amides is 1. The molecule has 1 heterocycles. The average Bonchev–Trinajstić information content (AvgIpc) is 3.16. The summed E-state index contributed by atoms with van der Waals surface area (Å²) in [5, 5.41) is 13.4. The van der Waals surface area contributed by atoms with Gasteiger partial charge >= 0.3 is 0 Å². The normalized spacial score (nSPS) is 10.7. The quantitative estimate of drug-likeness (QED) is 0.309. The highest BCUT2D eigenvalue weighted by molar-refractivity contribution is 9.10. The molecule has 1 amide bonds. The second-order valence-electron chi connectivity index (χ2n) is 6.30. The molecule has 8 nitrogen and oxygen atoms in total. The van der Waals surface area contributed by atoms with Crippen LogP contribution in [0.1, 0.15) is 0 Å². The van der Waals surface area contributed by atoms with Crippen LogP contribution in [0, 0.1) is 10.1 Å². The van der Waals surface area contributed by atoms with Crippen molar-refractivity contribution in [2.45, 2.75) is 0 Å². The van der Waals surface area contributed by atoms with Gasteiger partial charge in [0.15, 0.2) is 12.2 Å². The summed E-state index contributed by atoms with van der Waals surface area (Å²) in [5.41, 5.74) is 2.55. The number of hydrogen-bond acceptors (Lipinski definition) is 6. The SMILES string of the molecule is O=C(COc1ccc([N+](=O)[O-])cc1)Nc1ccc2oc(-c3cccc(Br)c3)nc2c1. The van der Waals surface area contributed by atoms with Crippen LogP contribution in [0.2, 0.25) is 0 Å². The maximum Gasteiger partial charge on any atom is 0.269 e. The molecule has 1 aromatic heterocycles. The molecule has 1 N–H and O–H groups in total. The minimum atomic E-state index is -0.501. The summed E-state index contributed by atoms with van der Waals surface area (Å²) in [6.07, 6.45) is 0. The minimum Gasteiger partial charge on any atom is -0.484 e. The molecule has 0 aliphatic rings. The zero-order valence-electron chi connectivity index (χ0n) is 15.4. The van der Waals surface area contributed by atoms with Gasteiger partial charge < -0.3 is 14.5 Å². The second-order valence-corrected chi connectivity index (χ2v) is 7.22. The molecule has 9 heteroatoms. The van der Waals surface area contributed by atoms with Crippen LogP contribution in [0.3, 0.4) is 0 Å². The highest BCUT2D eigenvalue weighted by Gasteiger charge is 2.11. The number of hydrogen-bond donors (Lipinski definition) is 1. The lowest BCUT2D eigenvalue weighted by molar-refractivity contribution is -0.384. The number of non-ortho nitro benzene ring substituents is 1. The summed E-state index contributed by atoms with van der Waals surface area (Å²) in [7, 11) is 0. The predicted octanol–water partition coefficient (Wildman–Crippen LogP) is 5.18. The molecule has 0 bridgehead atoms. The molecule has 0 atom stereocenters. The molecular weight excluding hydrogens is 454 g/mol. The van der Waals surface area contributed by atoms with Gasteiger partial charge in [0, 0.05) is 27.9 Å². The Hall–Kier alpha value is -3.72. The molecule has 30 heavy (non-hydrogen) atoms. The lowest BCUT2D eigenvalue weighted by Gasteiger charge is -2.07. The Kier molecular flexibility index (Phi) is 5.44. The number of anilines is 1. The zero-order valence-corrected chi connectivity index (χ0v) is 17.0. The molecular formula is C21H14BrN3O5. The third-order valence-corrected chi connectivity index (χ3v) is 4.65. The van der Waals surface area contributed by atoms with Gasteiger partial charge in [0.05, 0.1) is 4.92 Å². The number of carbonyl (C=O) groups is 1. The predicted molar refractivity (Wildman–Crippen MR) is 114 cm³/mol. The highest BCUT2D eigenvalue weighted by atomic mass is 79.9. The van der Waals surface area contributed by atoms with E-state index in [2.05, 4.69) is 26.2 Å². The van der Waals surface area contributed by atoms with Crippen molar-refractivity contribution in [1.82, 2.24) is 4.98 Å². The number of nitrogens with one attached hydrogen (secondary N) is 1. The first kappa shape index (κ1) is 19.6. The first-order valence-electron chi connectivity index (χ1n) is 8.81. The molecule has 0 spiro atoms. The van der Waals surface area contributed by atoms with Crippen molar-refractivity contribution >= 4 is 44.3 Å². The molecule has 4 rings (SSSR count). The van der Waals surface area contributed by atoms with Gasteiger partial charge in [0.2, 0.25) is 5.89 Å². The topological polar surface area (TPSA) is 108 Å². The van der Waals surface area contributed by atoms with Crippen molar-refractivity contribution in [3.8, 4) is 17.2 Å². The number of ether oxygens (including phenoxy) is 1. The number of benzene rings is 3. The van der Waals surface area contributed by atoms with Gasteiger partial charge in [-0.1, -0.05) is 22.0 Å². The number of fused-ring (bicyclic) bond motifs is 1. The van der Waals surface area contributed by atoms with E-state index in [9.17, 15) is 14.9 Å². The van der Waals surface area contributed by atoms with Crippen LogP contribution in [0.5, 0.6) is 5.75 Å². The van der Waals surface area contributed by atoms with Crippen molar-refractivity contribution in [1.29, 1.82) is 0 Å². The van der Waals surface area contributed by atoms with E-state index in [0.717, 1.165) is 10.0 Å². The number of rotatable bonds is 6. The summed E-state index contributed by atoms with van der Waals surface area (Å²) < 4.78 is 12.1. The molecule has 150 valence electrons. The van der Waals surface area contributed by atoms with Crippen LogP contribution in [0.15, 0.2) is 75.6 Å². The highest BCUT2D eigenvalue weighted by Crippen LogP contribution is 2.27. The number of nitro benzene ring substituents is 1. The third-order valence-electron chi connectivity index (χ3n) is 4.16. The monoisotopic (exact) mass is 467 g/mol. The van der Waals surface area contributed by atoms with E-state index in [4.69, 9.17) is 9.15 Å². The van der Waals surface area contributed by atoms with Gasteiger partial charge in [-0.05, 0) is 48.5 Å². The van der Waals surface area contributed by atoms with Gasteiger partial charge in [0.1, 0.15) is 11.3 Å². The summed E-state index contributed by atoms with van der Waals surface area (Å²) in [4.78, 5) is 26.8. The fraction of sp³-hybridized carbons (Fsp3) is 0.0476. The molecule has 0 fully saturated rings. The van der Waals surface area contributed by atoms with Crippen LogP contribution < -0.4 is 10.1 Å². The molecule has 4 aromatic rings. The maximum absolute atomic E-state index is 12.2. The van der Waals surface area contributed by atoms with Crippen LogP contribution in [-0.2, 0) is 4.79 Å². The molecule has 0 aliphatic carbocycles. The summed E-state index contributed by atoms with van der Waals surface area (Å²) in [5.74, 6) is 0.473. The van der Waals surface area contributed by atoms with Gasteiger partial charge in [-0.3, -0.25) is 14.9 Å². The van der Waals surface area contributed by atoms with Gasteiger partial charge in [-0.15, -0.1) is 0 Å². The lowest BCUT2D eigenvalue weighted by atomic mass is 10.2. The van der Waals surface area contributed by atoms with E-state index in [1.807, 2.05) is 24.3 Å². The molecule has 0 saturated carbocycles. The van der Waals surface area contributed by atoms with Crippen LogP contribution in [0.4, 0.5) is 11.4 Å². The summed E-state index contributed by atoms with van der Waals surface area (Å²) in [6.45, 7) is -0.238. The number of nitrogens with zero attached hydrogens (tertiary/aromatic N) is 2. The van der Waals surface area contributed by atoms with Crippen molar-refractivity contribution in [3.63, 3.8) is 0 Å². The van der Waals surface area contributed by atoms with Crippen molar-refractivity contribution in [2.75, 3.05) is 11.9 Å². The Labute approximate surface area is 178 Å². The van der Waals surface area contributed by atoms with Crippen molar-refractivity contribution < 1.29 is 18.9 Å². The van der Waals surface area contributed by atoms with Crippen LogP contribution in [0.25, 0.3) is 22.6 Å². The van der Waals surface area contributed by atoms with E-state index >= 15 is 0 Å². The fourth-order valence-electron chi connectivity index (χ4n) is 2.76. The Morgan fingerprint density at radius 1 is 1.13 bits per heavy atom. The van der Waals surface area contributed by atoms with Gasteiger partial charge in [-0.25, -0.2) is 4.98 Å². The molecule has 0 radical (unpaired) electrons. The molecule has 3 aromatic carbocycles. The maximum atomic E-state index is 12.2. The number of nitro groups is 1. The molecule has 0 aliphatic heterocycles. The van der Waals surface area contributed by atoms with Crippen LogP contribution in [-0.4, -0.2) is 22.4 Å². The van der Waals surface area contributed by atoms with E-state index in [-0.39, 0.29) is 18.2 Å². The fourth-order valence-corrected chi connectivity index (χ4v) is 3.16. The minimum absolute atomic E-state index is 0.0463. The van der Waals surface area contributed by atoms with E-state index in [0.29, 0.717) is 28.4 Å². The Balaban J connectivity index is 1.42. The molecule has 0 saturated heterocycles. The van der Waals surface area contributed by atoms with E-state index in [1.165, 1.54) is 24.3 Å². The third kappa shape index (κ3) is 4.47. The Morgan fingerprint density at radius 3 is 2.67 bits per heavy atom. The van der Waals surface area contributed by atoms with Gasteiger partial charge in [-0.2, -0.15) is 0 Å². The summed E-state index contributed by atoms with van der Waals surface area (Å²) in [6, 6.07) is 18.3. The Morgan fingerprint density at radius 2 is 1.93 bits per heavy atom. The second kappa shape index (κ2) is 8.34. The summed E-state index contributed by atoms with van der Waals surface area (Å²) >= 11 is 3.42. The van der Waals surface area contributed by atoms with E-state index < -0.39 is 4.92 Å². The van der Waals surface area contributed by atoms with Gasteiger partial charge in [0.25, 0.3) is 11.6 Å². The first-order valence-corrected chi connectivity index (χ1v) is 9.61. The number of oxazole rings is 1. The van der Waals surface area contributed by atoms with Crippen molar-refractivity contribution in [2.24, 2.45) is 0 Å². The number of carbonyl (C=O) groups excluding carboxylic acids is 1. The standard InChI is InChI=1S/C21H14BrN3O5/c22-14-3-1-2-13(10-14)21-24-18-11-15(4-9-19(18)30-21)23-20(26)12-29-17-7-5-16(6-8-17)25(27)28/h1-11H,12H2,(H,23,26). The smallest absolute Gasteiger partial charge is 0.269 e. The van der Waals surface area contributed by atoms with E-state index in [1.54, 1.807) is 18.2 Å². The number of aromatic nitrogens is 1. The number of halogens is 1. The van der Waals surface area contributed by atoms with Crippen molar-refractivity contribution in [3.05, 3.63) is 81.3 Å². The first-order chi connectivity index (χ1) is 14.5. The lowest BCUT2D eigenvalue weighted by Crippen LogP contribution is -2.20. The molecule has 0 unspecified atom stereocenters. The Bertz CT molecular complexity index is 1240. The van der Waals surface area contributed by atoms with Crippen LogP contribution >= 0.6 is 15.9 Å².